The lowest BCUT2D eigenvalue weighted by atomic mass is 9.78. The third kappa shape index (κ3) is 3.69. The maximum atomic E-state index is 12.6. The minimum atomic E-state index is -0.138. The first-order valence-corrected chi connectivity index (χ1v) is 9.55. The van der Waals surface area contributed by atoms with Crippen LogP contribution in [-0.4, -0.2) is 52.7 Å². The first kappa shape index (κ1) is 18.0. The molecule has 2 fully saturated rings. The van der Waals surface area contributed by atoms with Crippen molar-refractivity contribution < 1.29 is 18.7 Å². The van der Waals surface area contributed by atoms with E-state index in [0.717, 1.165) is 32.3 Å². The standard InChI is InChI=1S/C20H25N3O4/c1-15-18(26-14-22-15)19(24)23-10-7-20(8-11-23)16(6-13-27-20)5-12-25-17-4-2-3-9-21-17/h2-4,9,14,16H,5-8,10-13H2,1H3/t16-/m1/s1. The molecule has 7 nitrogen and oxygen atoms in total. The van der Waals surface area contributed by atoms with Crippen molar-refractivity contribution in [1.29, 1.82) is 0 Å². The number of pyridine rings is 1. The lowest BCUT2D eigenvalue weighted by Gasteiger charge is -2.42. The second-order valence-electron chi connectivity index (χ2n) is 7.26. The SMILES string of the molecule is Cc1ncoc1C(=O)N1CCC2(CC1)OCC[C@H]2CCOc1ccccn1. The molecule has 4 heterocycles. The van der Waals surface area contributed by atoms with Crippen molar-refractivity contribution >= 4 is 5.91 Å². The molecular formula is C20H25N3O4. The number of likely N-dealkylation sites (tertiary alicyclic amines) is 1. The van der Waals surface area contributed by atoms with E-state index in [-0.39, 0.29) is 11.5 Å². The molecule has 1 atom stereocenters. The fraction of sp³-hybridized carbons (Fsp3) is 0.550. The molecule has 27 heavy (non-hydrogen) atoms. The van der Waals surface area contributed by atoms with E-state index in [4.69, 9.17) is 13.9 Å². The third-order valence-electron chi connectivity index (χ3n) is 5.79. The van der Waals surface area contributed by atoms with Gasteiger partial charge >= 0.3 is 0 Å². The number of carbonyl (C=O) groups excluding carboxylic acids is 1. The summed E-state index contributed by atoms with van der Waals surface area (Å²) in [5.41, 5.74) is 0.503. The highest BCUT2D eigenvalue weighted by atomic mass is 16.5. The number of piperidine rings is 1. The molecule has 1 spiro atoms. The molecule has 0 aromatic carbocycles. The molecule has 0 unspecified atom stereocenters. The summed E-state index contributed by atoms with van der Waals surface area (Å²) in [6.07, 6.45) is 6.73. The van der Waals surface area contributed by atoms with Gasteiger partial charge in [-0.05, 0) is 44.6 Å². The lowest BCUT2D eigenvalue weighted by molar-refractivity contribution is -0.0652. The Hall–Kier alpha value is -2.41. The Morgan fingerprint density at radius 1 is 1.33 bits per heavy atom. The molecule has 1 amide bonds. The van der Waals surface area contributed by atoms with Crippen molar-refractivity contribution in [2.75, 3.05) is 26.3 Å². The molecule has 2 aliphatic rings. The summed E-state index contributed by atoms with van der Waals surface area (Å²) in [6, 6.07) is 5.67. The van der Waals surface area contributed by atoms with Gasteiger partial charge in [-0.3, -0.25) is 4.79 Å². The number of hydrogen-bond donors (Lipinski definition) is 0. The van der Waals surface area contributed by atoms with Crippen molar-refractivity contribution in [3.63, 3.8) is 0 Å². The highest BCUT2D eigenvalue weighted by Crippen LogP contribution is 2.42. The summed E-state index contributed by atoms with van der Waals surface area (Å²) in [6.45, 7) is 4.56. The summed E-state index contributed by atoms with van der Waals surface area (Å²) in [4.78, 5) is 22.7. The molecule has 2 aromatic heterocycles. The van der Waals surface area contributed by atoms with Crippen LogP contribution in [0.5, 0.6) is 5.88 Å². The normalized spacial score (nSPS) is 21.5. The third-order valence-corrected chi connectivity index (χ3v) is 5.79. The van der Waals surface area contributed by atoms with Crippen LogP contribution >= 0.6 is 0 Å². The number of ether oxygens (including phenoxy) is 2. The predicted octanol–water partition coefficient (Wildman–Crippen LogP) is 2.86. The van der Waals surface area contributed by atoms with Crippen LogP contribution in [-0.2, 0) is 4.74 Å². The van der Waals surface area contributed by atoms with E-state index < -0.39 is 0 Å². The van der Waals surface area contributed by atoms with Crippen LogP contribution in [0.15, 0.2) is 35.2 Å². The second kappa shape index (κ2) is 7.68. The van der Waals surface area contributed by atoms with E-state index in [1.807, 2.05) is 23.1 Å². The van der Waals surface area contributed by atoms with E-state index in [1.165, 1.54) is 6.39 Å². The highest BCUT2D eigenvalue weighted by Gasteiger charge is 2.46. The fourth-order valence-electron chi connectivity index (χ4n) is 4.22. The van der Waals surface area contributed by atoms with Gasteiger partial charge in [0, 0.05) is 32.0 Å². The van der Waals surface area contributed by atoms with E-state index in [0.29, 0.717) is 42.9 Å². The van der Waals surface area contributed by atoms with Crippen molar-refractivity contribution in [3.05, 3.63) is 42.2 Å². The Morgan fingerprint density at radius 2 is 2.19 bits per heavy atom. The first-order chi connectivity index (χ1) is 13.2. The van der Waals surface area contributed by atoms with Crippen molar-refractivity contribution in [1.82, 2.24) is 14.9 Å². The van der Waals surface area contributed by atoms with Crippen LogP contribution in [0.2, 0.25) is 0 Å². The summed E-state index contributed by atoms with van der Waals surface area (Å²) in [5.74, 6) is 1.38. The molecular weight excluding hydrogens is 346 g/mol. The fourth-order valence-corrected chi connectivity index (χ4v) is 4.22. The monoisotopic (exact) mass is 371 g/mol. The Morgan fingerprint density at radius 3 is 2.89 bits per heavy atom. The Labute approximate surface area is 158 Å². The number of nitrogens with zero attached hydrogens (tertiary/aromatic N) is 3. The van der Waals surface area contributed by atoms with Crippen LogP contribution in [0.4, 0.5) is 0 Å². The number of aromatic nitrogens is 2. The molecule has 4 rings (SSSR count). The quantitative estimate of drug-likeness (QED) is 0.804. The molecule has 0 radical (unpaired) electrons. The highest BCUT2D eigenvalue weighted by molar-refractivity contribution is 5.92. The van der Waals surface area contributed by atoms with Crippen LogP contribution in [0, 0.1) is 12.8 Å². The van der Waals surface area contributed by atoms with Gasteiger partial charge in [0.15, 0.2) is 6.39 Å². The van der Waals surface area contributed by atoms with Gasteiger partial charge in [0.2, 0.25) is 11.6 Å². The van der Waals surface area contributed by atoms with Crippen molar-refractivity contribution in [2.45, 2.75) is 38.2 Å². The van der Waals surface area contributed by atoms with E-state index in [9.17, 15) is 4.79 Å². The predicted molar refractivity (Wildman–Crippen MR) is 97.5 cm³/mol. The van der Waals surface area contributed by atoms with Crippen LogP contribution in [0.3, 0.4) is 0 Å². The lowest BCUT2D eigenvalue weighted by Crippen LogP contribution is -2.49. The van der Waals surface area contributed by atoms with Crippen LogP contribution in [0.1, 0.15) is 41.9 Å². The Bertz CT molecular complexity index is 769. The maximum Gasteiger partial charge on any atom is 0.291 e. The molecule has 2 saturated heterocycles. The smallest absolute Gasteiger partial charge is 0.291 e. The van der Waals surface area contributed by atoms with E-state index in [2.05, 4.69) is 9.97 Å². The van der Waals surface area contributed by atoms with Crippen LogP contribution in [0.25, 0.3) is 0 Å². The molecule has 7 heteroatoms. The zero-order chi connectivity index (χ0) is 18.7. The number of aryl methyl sites for hydroxylation is 1. The molecule has 144 valence electrons. The first-order valence-electron chi connectivity index (χ1n) is 9.55. The van der Waals surface area contributed by atoms with Gasteiger partial charge in [-0.2, -0.15) is 0 Å². The minimum absolute atomic E-state index is 0.0760. The van der Waals surface area contributed by atoms with Crippen molar-refractivity contribution in [2.24, 2.45) is 5.92 Å². The van der Waals surface area contributed by atoms with Gasteiger partial charge in [0.25, 0.3) is 5.91 Å². The van der Waals surface area contributed by atoms with E-state index in [1.54, 1.807) is 13.1 Å². The van der Waals surface area contributed by atoms with Gasteiger partial charge in [-0.1, -0.05) is 6.07 Å². The zero-order valence-electron chi connectivity index (χ0n) is 15.6. The summed E-state index contributed by atoms with van der Waals surface area (Å²) in [5, 5.41) is 0. The van der Waals surface area contributed by atoms with E-state index >= 15 is 0 Å². The minimum Gasteiger partial charge on any atom is -0.478 e. The largest absolute Gasteiger partial charge is 0.478 e. The molecule has 2 aliphatic heterocycles. The molecule has 0 N–H and O–H groups in total. The number of rotatable bonds is 5. The maximum absolute atomic E-state index is 12.6. The average molecular weight is 371 g/mol. The average Bonchev–Trinajstić information content (AvgIpc) is 3.29. The Kier molecular flexibility index (Phi) is 5.11. The second-order valence-corrected chi connectivity index (χ2v) is 7.26. The van der Waals surface area contributed by atoms with Gasteiger partial charge in [0.05, 0.1) is 17.9 Å². The number of amides is 1. The van der Waals surface area contributed by atoms with Gasteiger partial charge in [0.1, 0.15) is 0 Å². The van der Waals surface area contributed by atoms with Crippen LogP contribution < -0.4 is 4.74 Å². The Balaban J connectivity index is 1.32. The molecule has 0 bridgehead atoms. The summed E-state index contributed by atoms with van der Waals surface area (Å²) >= 11 is 0. The molecule has 0 saturated carbocycles. The van der Waals surface area contributed by atoms with Crippen molar-refractivity contribution in [3.8, 4) is 5.88 Å². The number of oxazole rings is 1. The van der Waals surface area contributed by atoms with Gasteiger partial charge in [-0.15, -0.1) is 0 Å². The summed E-state index contributed by atoms with van der Waals surface area (Å²) < 4.78 is 17.2. The number of carbonyl (C=O) groups is 1. The topological polar surface area (TPSA) is 77.7 Å². The van der Waals surface area contributed by atoms with Gasteiger partial charge < -0.3 is 18.8 Å². The molecule has 0 aliphatic carbocycles. The number of hydrogen-bond acceptors (Lipinski definition) is 6. The van der Waals surface area contributed by atoms with Gasteiger partial charge in [-0.25, -0.2) is 9.97 Å². The molecule has 2 aromatic rings. The zero-order valence-corrected chi connectivity index (χ0v) is 15.6. The summed E-state index contributed by atoms with van der Waals surface area (Å²) in [7, 11) is 0.